The summed E-state index contributed by atoms with van der Waals surface area (Å²) in [5, 5.41) is 0. The molecule has 0 aromatic heterocycles. The lowest BCUT2D eigenvalue weighted by Crippen LogP contribution is -2.56. The summed E-state index contributed by atoms with van der Waals surface area (Å²) in [5.41, 5.74) is 5.25. The van der Waals surface area contributed by atoms with Crippen LogP contribution in [0.25, 0.3) is 0 Å². The molecule has 2 aromatic rings. The number of benzene rings is 2. The third kappa shape index (κ3) is 1.19. The third-order valence-electron chi connectivity index (χ3n) is 2.61. The van der Waals surface area contributed by atoms with E-state index in [1.54, 1.807) is 0 Å². The highest BCUT2D eigenvalue weighted by Gasteiger charge is 1.90. The Hall–Kier alpha value is -1.43. The van der Waals surface area contributed by atoms with E-state index in [1.807, 2.05) is 0 Å². The van der Waals surface area contributed by atoms with Crippen LogP contribution in [-0.4, -0.2) is 14.6 Å². The minimum atomic E-state index is 1.31. The van der Waals surface area contributed by atoms with Gasteiger partial charge in [-0.15, -0.1) is 24.3 Å². The Labute approximate surface area is 85.5 Å². The minimum absolute atomic E-state index is 1.31. The molecule has 0 unspecified atom stereocenters. The van der Waals surface area contributed by atoms with E-state index in [4.69, 9.17) is 0 Å². The fourth-order valence-corrected chi connectivity index (χ4v) is 1.88. The monoisotopic (exact) mass is 174 g/mol. The van der Waals surface area contributed by atoms with Gasteiger partial charge in [-0.2, -0.15) is 0 Å². The van der Waals surface area contributed by atoms with Crippen molar-refractivity contribution >= 4 is 36.4 Å². The van der Waals surface area contributed by atoms with Crippen molar-refractivity contribution in [2.24, 2.45) is 0 Å². The van der Waals surface area contributed by atoms with Crippen LogP contribution in [0.4, 0.5) is 0 Å². The second-order valence-corrected chi connectivity index (χ2v) is 3.55. The summed E-state index contributed by atoms with van der Waals surface area (Å²) in [6.45, 7) is 0. The first-order valence-corrected chi connectivity index (χ1v) is 4.81. The van der Waals surface area contributed by atoms with E-state index in [9.17, 15) is 0 Å². The normalized spacial score (nSPS) is 13.1. The van der Waals surface area contributed by atoms with Crippen molar-refractivity contribution in [1.29, 1.82) is 0 Å². The molecule has 1 aliphatic rings. The molecule has 3 rings (SSSR count). The molecule has 64 valence electrons. The molecule has 4 radical (unpaired) electrons. The van der Waals surface area contributed by atoms with E-state index in [0.717, 1.165) is 0 Å². The Morgan fingerprint density at radius 3 is 1.07 bits per heavy atom. The second kappa shape index (κ2) is 3.05. The smallest absolute Gasteiger partial charge is 0.0658 e. The molecule has 0 N–H and O–H groups in total. The van der Waals surface area contributed by atoms with Gasteiger partial charge in [-0.25, -0.2) is 0 Å². The Morgan fingerprint density at radius 2 is 0.786 bits per heavy atom. The van der Waals surface area contributed by atoms with E-state index in [-0.39, 0.29) is 0 Å². The molecule has 0 amide bonds. The Balaban J connectivity index is 2.12. The van der Waals surface area contributed by atoms with E-state index in [1.165, 1.54) is 21.9 Å². The number of fused-ring (bicyclic) bond motifs is 2. The van der Waals surface area contributed by atoms with Gasteiger partial charge < -0.3 is 21.9 Å². The predicted octanol–water partition coefficient (Wildman–Crippen LogP) is -0.690. The highest BCUT2D eigenvalue weighted by Crippen LogP contribution is 1.87. The Kier molecular flexibility index (Phi) is 1.73. The molecule has 1 heterocycles. The van der Waals surface area contributed by atoms with Crippen molar-refractivity contribution in [2.45, 2.75) is 0 Å². The van der Waals surface area contributed by atoms with Gasteiger partial charge in [0.05, 0.1) is 0 Å². The molecular weight excluding hydrogens is 166 g/mol. The third-order valence-corrected chi connectivity index (χ3v) is 2.61. The lowest BCUT2D eigenvalue weighted by molar-refractivity contribution is 1.77. The second-order valence-electron chi connectivity index (χ2n) is 3.55. The first kappa shape index (κ1) is 7.93. The average molecular weight is 174 g/mol. The summed E-state index contributed by atoms with van der Waals surface area (Å²) < 4.78 is 0. The molecule has 0 atom stereocenters. The van der Waals surface area contributed by atoms with Crippen LogP contribution in [-0.2, 0) is 0 Å². The standard InChI is InChI=1S/C12H8B2/c1-2-6-10-9(5-1)13-11-7-3-4-8-12(11)14-10/h1-8H/q-2. The lowest BCUT2D eigenvalue weighted by Gasteiger charge is -2.42. The van der Waals surface area contributed by atoms with Crippen molar-refractivity contribution in [3.63, 3.8) is 0 Å². The summed E-state index contributed by atoms with van der Waals surface area (Å²) in [6, 6.07) is 16.9. The molecule has 0 bridgehead atoms. The van der Waals surface area contributed by atoms with Crippen LogP contribution in [0, 0.1) is 0 Å². The fourth-order valence-electron chi connectivity index (χ4n) is 1.88. The first-order chi connectivity index (χ1) is 6.93. The minimum Gasteiger partial charge on any atom is -0.316 e. The topological polar surface area (TPSA) is 0 Å². The van der Waals surface area contributed by atoms with Gasteiger partial charge in [-0.05, 0) is 0 Å². The summed E-state index contributed by atoms with van der Waals surface area (Å²) in [7, 11) is 4.48. The van der Waals surface area contributed by atoms with Crippen LogP contribution in [0.5, 0.6) is 0 Å². The molecular formula is C12H8B2-2. The molecule has 0 saturated heterocycles. The maximum absolute atomic E-state index is 2.24. The van der Waals surface area contributed by atoms with Gasteiger partial charge >= 0.3 is 0 Å². The SMILES string of the molecule is [B-]1c2ccccc2[B-]c2ccccc21. The summed E-state index contributed by atoms with van der Waals surface area (Å²) in [6.07, 6.45) is 0. The molecule has 14 heavy (non-hydrogen) atoms. The highest BCUT2D eigenvalue weighted by molar-refractivity contribution is 6.87. The van der Waals surface area contributed by atoms with Gasteiger partial charge in [0.1, 0.15) is 0 Å². The van der Waals surface area contributed by atoms with Crippen LogP contribution in [0.2, 0.25) is 0 Å². The van der Waals surface area contributed by atoms with E-state index >= 15 is 0 Å². The molecule has 0 nitrogen and oxygen atoms in total. The van der Waals surface area contributed by atoms with Gasteiger partial charge in [-0.1, -0.05) is 24.3 Å². The van der Waals surface area contributed by atoms with Gasteiger partial charge in [0.15, 0.2) is 0 Å². The van der Waals surface area contributed by atoms with Crippen LogP contribution in [0.1, 0.15) is 0 Å². The Morgan fingerprint density at radius 1 is 0.500 bits per heavy atom. The van der Waals surface area contributed by atoms with Crippen LogP contribution in [0.3, 0.4) is 0 Å². The van der Waals surface area contributed by atoms with E-state index in [2.05, 4.69) is 63.1 Å². The summed E-state index contributed by atoms with van der Waals surface area (Å²) in [5.74, 6) is 0. The number of hydrogen-bond acceptors (Lipinski definition) is 0. The number of hydrogen-bond donors (Lipinski definition) is 0. The lowest BCUT2D eigenvalue weighted by atomic mass is 9.44. The zero-order valence-corrected chi connectivity index (χ0v) is 7.77. The van der Waals surface area contributed by atoms with Crippen LogP contribution in [0.15, 0.2) is 48.5 Å². The molecule has 0 aliphatic carbocycles. The maximum atomic E-state index is 2.24. The molecule has 2 heteroatoms. The van der Waals surface area contributed by atoms with Crippen molar-refractivity contribution < 1.29 is 0 Å². The first-order valence-electron chi connectivity index (χ1n) is 4.81. The van der Waals surface area contributed by atoms with Gasteiger partial charge in [0.2, 0.25) is 0 Å². The molecule has 2 aromatic carbocycles. The van der Waals surface area contributed by atoms with Gasteiger partial charge in [-0.3, -0.25) is 14.6 Å². The quantitative estimate of drug-likeness (QED) is 0.395. The fraction of sp³-hybridized carbons (Fsp3) is 0. The average Bonchev–Trinajstić information content (AvgIpc) is 2.26. The van der Waals surface area contributed by atoms with E-state index in [0.29, 0.717) is 0 Å². The van der Waals surface area contributed by atoms with Gasteiger partial charge in [0.25, 0.3) is 0 Å². The number of rotatable bonds is 0. The van der Waals surface area contributed by atoms with Crippen LogP contribution >= 0.6 is 0 Å². The molecule has 0 fully saturated rings. The molecule has 0 saturated carbocycles. The molecule has 1 aliphatic heterocycles. The highest BCUT2D eigenvalue weighted by atomic mass is 14.0. The largest absolute Gasteiger partial charge is 0.316 e. The Bertz CT molecular complexity index is 390. The summed E-state index contributed by atoms with van der Waals surface area (Å²) in [4.78, 5) is 0. The zero-order valence-electron chi connectivity index (χ0n) is 7.77. The van der Waals surface area contributed by atoms with E-state index < -0.39 is 0 Å². The summed E-state index contributed by atoms with van der Waals surface area (Å²) >= 11 is 0. The molecule has 0 spiro atoms. The predicted molar refractivity (Wildman–Crippen MR) is 62.9 cm³/mol. The van der Waals surface area contributed by atoms with Crippen molar-refractivity contribution in [2.75, 3.05) is 0 Å². The van der Waals surface area contributed by atoms with Crippen molar-refractivity contribution in [3.05, 3.63) is 48.5 Å². The van der Waals surface area contributed by atoms with Crippen LogP contribution < -0.4 is 21.9 Å². The van der Waals surface area contributed by atoms with Crippen molar-refractivity contribution in [3.8, 4) is 0 Å². The van der Waals surface area contributed by atoms with Crippen molar-refractivity contribution in [1.82, 2.24) is 0 Å². The zero-order chi connectivity index (χ0) is 9.38. The maximum Gasteiger partial charge on any atom is -0.0658 e. The van der Waals surface area contributed by atoms with Gasteiger partial charge in [0, 0.05) is 0 Å².